The molecule has 1 atom stereocenters. The first-order valence-electron chi connectivity index (χ1n) is 13.4. The van der Waals surface area contributed by atoms with Crippen molar-refractivity contribution in [3.63, 3.8) is 0 Å². The number of hydrogen-bond donors (Lipinski definition) is 1. The molecule has 0 radical (unpaired) electrons. The largest absolute Gasteiger partial charge is 0.497 e. The van der Waals surface area contributed by atoms with E-state index >= 15 is 0 Å². The van der Waals surface area contributed by atoms with Gasteiger partial charge in [0.2, 0.25) is 11.8 Å². The van der Waals surface area contributed by atoms with E-state index in [1.165, 1.54) is 24.1 Å². The maximum Gasteiger partial charge on any atom is 0.264 e. The highest BCUT2D eigenvalue weighted by atomic mass is 32.2. The highest BCUT2D eigenvalue weighted by Crippen LogP contribution is 2.26. The molecule has 3 aromatic rings. The molecule has 0 heterocycles. The Morgan fingerprint density at radius 1 is 0.900 bits per heavy atom. The number of benzene rings is 3. The SMILES string of the molecule is COc1ccc(S(=O)(=O)N(CC(=O)N(CCc2ccccc2)[C@@H](C)C(=O)NCC(C)C)c2ccc(C)cc2)cc1. The minimum atomic E-state index is -4.13. The zero-order chi connectivity index (χ0) is 29.3. The van der Waals surface area contributed by atoms with Gasteiger partial charge in [-0.3, -0.25) is 13.9 Å². The van der Waals surface area contributed by atoms with Gasteiger partial charge in [0.15, 0.2) is 0 Å². The number of rotatable bonds is 13. The van der Waals surface area contributed by atoms with Gasteiger partial charge in [0.05, 0.1) is 17.7 Å². The van der Waals surface area contributed by atoms with Crippen molar-refractivity contribution in [1.82, 2.24) is 10.2 Å². The van der Waals surface area contributed by atoms with Crippen molar-refractivity contribution >= 4 is 27.5 Å². The van der Waals surface area contributed by atoms with Crippen LogP contribution in [0.15, 0.2) is 83.8 Å². The van der Waals surface area contributed by atoms with E-state index in [0.717, 1.165) is 15.4 Å². The van der Waals surface area contributed by atoms with Crippen LogP contribution in [0.1, 0.15) is 31.9 Å². The molecule has 3 rings (SSSR count). The second-order valence-corrected chi connectivity index (χ2v) is 12.0. The van der Waals surface area contributed by atoms with Gasteiger partial charge in [0.25, 0.3) is 10.0 Å². The van der Waals surface area contributed by atoms with Crippen molar-refractivity contribution in [2.75, 3.05) is 31.0 Å². The van der Waals surface area contributed by atoms with Gasteiger partial charge in [0.1, 0.15) is 18.3 Å². The number of anilines is 1. The number of amides is 2. The molecule has 9 heteroatoms. The lowest BCUT2D eigenvalue weighted by molar-refractivity contribution is -0.138. The number of ether oxygens (including phenoxy) is 1. The number of methoxy groups -OCH3 is 1. The Hall–Kier alpha value is -3.85. The smallest absolute Gasteiger partial charge is 0.264 e. The van der Waals surface area contributed by atoms with Crippen molar-refractivity contribution in [1.29, 1.82) is 0 Å². The summed E-state index contributed by atoms with van der Waals surface area (Å²) in [6.45, 7) is 7.83. The molecule has 0 fully saturated rings. The molecule has 3 aromatic carbocycles. The molecule has 0 unspecified atom stereocenters. The molecule has 0 saturated heterocycles. The zero-order valence-electron chi connectivity index (χ0n) is 23.8. The summed E-state index contributed by atoms with van der Waals surface area (Å²) < 4.78 is 34.0. The summed E-state index contributed by atoms with van der Waals surface area (Å²) in [5.74, 6) is 0.0114. The number of aryl methyl sites for hydroxylation is 1. The summed E-state index contributed by atoms with van der Waals surface area (Å²) in [6.07, 6.45) is 0.518. The lowest BCUT2D eigenvalue weighted by Gasteiger charge is -2.32. The molecule has 0 aliphatic heterocycles. The Bertz CT molecular complexity index is 1360. The van der Waals surface area contributed by atoms with Crippen LogP contribution >= 0.6 is 0 Å². The van der Waals surface area contributed by atoms with Crippen LogP contribution in [0, 0.1) is 12.8 Å². The molecule has 0 saturated carbocycles. The highest BCUT2D eigenvalue weighted by molar-refractivity contribution is 7.92. The van der Waals surface area contributed by atoms with E-state index in [0.29, 0.717) is 24.4 Å². The molecular weight excluding hydrogens is 526 g/mol. The second-order valence-electron chi connectivity index (χ2n) is 10.2. The van der Waals surface area contributed by atoms with Gasteiger partial charge in [-0.15, -0.1) is 0 Å². The highest BCUT2D eigenvalue weighted by Gasteiger charge is 2.32. The van der Waals surface area contributed by atoms with Crippen LogP contribution in [0.2, 0.25) is 0 Å². The first kappa shape index (κ1) is 30.7. The first-order valence-corrected chi connectivity index (χ1v) is 14.8. The van der Waals surface area contributed by atoms with Gasteiger partial charge >= 0.3 is 0 Å². The number of nitrogens with zero attached hydrogens (tertiary/aromatic N) is 2. The third kappa shape index (κ3) is 8.08. The molecule has 0 aromatic heterocycles. The third-order valence-electron chi connectivity index (χ3n) is 6.58. The number of nitrogens with one attached hydrogen (secondary N) is 1. The molecule has 40 heavy (non-hydrogen) atoms. The standard InChI is InChI=1S/C31H39N3O5S/c1-23(2)21-32-31(36)25(4)33(20-19-26-9-7-6-8-10-26)30(35)22-34(27-13-11-24(3)12-14-27)40(37,38)29-17-15-28(39-5)16-18-29/h6-18,23,25H,19-22H2,1-5H3,(H,32,36)/t25-/m0/s1. The monoisotopic (exact) mass is 565 g/mol. The molecular formula is C31H39N3O5S. The Balaban J connectivity index is 1.95. The Labute approximate surface area is 238 Å². The first-order chi connectivity index (χ1) is 19.0. The number of hydrogen-bond acceptors (Lipinski definition) is 5. The van der Waals surface area contributed by atoms with E-state index in [9.17, 15) is 18.0 Å². The summed E-state index contributed by atoms with van der Waals surface area (Å²) >= 11 is 0. The fourth-order valence-corrected chi connectivity index (χ4v) is 5.55. The number of sulfonamides is 1. The van der Waals surface area contributed by atoms with Gasteiger partial charge in [0, 0.05) is 13.1 Å². The molecule has 0 aliphatic rings. The molecule has 0 aliphatic carbocycles. The van der Waals surface area contributed by atoms with Crippen LogP contribution < -0.4 is 14.4 Å². The molecule has 8 nitrogen and oxygen atoms in total. The van der Waals surface area contributed by atoms with Crippen molar-refractivity contribution in [3.05, 3.63) is 90.0 Å². The average Bonchev–Trinajstić information content (AvgIpc) is 2.95. The van der Waals surface area contributed by atoms with Gasteiger partial charge in [-0.2, -0.15) is 0 Å². The van der Waals surface area contributed by atoms with Crippen LogP contribution in [0.5, 0.6) is 5.75 Å². The Kier molecular flexibility index (Phi) is 10.7. The molecule has 0 bridgehead atoms. The fourth-order valence-electron chi connectivity index (χ4n) is 4.14. The average molecular weight is 566 g/mol. The van der Waals surface area contributed by atoms with Crippen LogP contribution in [-0.4, -0.2) is 57.9 Å². The van der Waals surface area contributed by atoms with Crippen molar-refractivity contribution in [2.45, 2.75) is 45.1 Å². The molecule has 0 spiro atoms. The van der Waals surface area contributed by atoms with Gasteiger partial charge in [-0.25, -0.2) is 8.42 Å². The molecule has 2 amide bonds. The zero-order valence-corrected chi connectivity index (χ0v) is 24.6. The fraction of sp³-hybridized carbons (Fsp3) is 0.355. The van der Waals surface area contributed by atoms with E-state index in [1.54, 1.807) is 43.3 Å². The number of carbonyl (C=O) groups is 2. The van der Waals surface area contributed by atoms with Crippen LogP contribution in [-0.2, 0) is 26.0 Å². The predicted molar refractivity (Wildman–Crippen MR) is 158 cm³/mol. The van der Waals surface area contributed by atoms with Gasteiger partial charge in [-0.05, 0) is 68.1 Å². The maximum atomic E-state index is 13.9. The topological polar surface area (TPSA) is 96.0 Å². The maximum absolute atomic E-state index is 13.9. The van der Waals surface area contributed by atoms with E-state index in [-0.39, 0.29) is 23.3 Å². The van der Waals surface area contributed by atoms with E-state index in [1.807, 2.05) is 51.1 Å². The van der Waals surface area contributed by atoms with Crippen molar-refractivity contribution in [2.24, 2.45) is 5.92 Å². The number of carbonyl (C=O) groups excluding carboxylic acids is 2. The summed E-state index contributed by atoms with van der Waals surface area (Å²) in [5, 5.41) is 2.90. The quantitative estimate of drug-likeness (QED) is 0.331. The molecule has 1 N–H and O–H groups in total. The molecule has 214 valence electrons. The van der Waals surface area contributed by atoms with Crippen LogP contribution in [0.3, 0.4) is 0 Å². The summed E-state index contributed by atoms with van der Waals surface area (Å²) in [6, 6.07) is 21.9. The van der Waals surface area contributed by atoms with E-state index < -0.39 is 28.5 Å². The van der Waals surface area contributed by atoms with Crippen molar-refractivity contribution in [3.8, 4) is 5.75 Å². The normalized spacial score (nSPS) is 12.1. The Morgan fingerprint density at radius 3 is 2.10 bits per heavy atom. The minimum Gasteiger partial charge on any atom is -0.497 e. The summed E-state index contributed by atoms with van der Waals surface area (Å²) in [4.78, 5) is 28.4. The summed E-state index contributed by atoms with van der Waals surface area (Å²) in [5.41, 5.74) is 2.32. The lowest BCUT2D eigenvalue weighted by atomic mass is 10.1. The Morgan fingerprint density at radius 2 is 1.52 bits per heavy atom. The van der Waals surface area contributed by atoms with Crippen molar-refractivity contribution < 1.29 is 22.7 Å². The predicted octanol–water partition coefficient (Wildman–Crippen LogP) is 4.43. The van der Waals surface area contributed by atoms with Crippen LogP contribution in [0.25, 0.3) is 0 Å². The van der Waals surface area contributed by atoms with Crippen LogP contribution in [0.4, 0.5) is 5.69 Å². The second kappa shape index (κ2) is 14.0. The van der Waals surface area contributed by atoms with Gasteiger partial charge < -0.3 is 15.0 Å². The minimum absolute atomic E-state index is 0.0280. The summed E-state index contributed by atoms with van der Waals surface area (Å²) in [7, 11) is -2.62. The lowest BCUT2D eigenvalue weighted by Crippen LogP contribution is -2.52. The third-order valence-corrected chi connectivity index (χ3v) is 8.37. The van der Waals surface area contributed by atoms with Gasteiger partial charge in [-0.1, -0.05) is 61.9 Å². The van der Waals surface area contributed by atoms with E-state index in [2.05, 4.69) is 5.32 Å². The van der Waals surface area contributed by atoms with E-state index in [4.69, 9.17) is 4.74 Å².